The van der Waals surface area contributed by atoms with E-state index in [2.05, 4.69) is 127 Å². The van der Waals surface area contributed by atoms with Crippen molar-refractivity contribution in [3.63, 3.8) is 0 Å². The third-order valence-corrected chi connectivity index (χ3v) is 15.4. The molecule has 0 aromatic heterocycles. The molecular weight excluding hydrogens is 1060 g/mol. The molecule has 2 aromatic rings. The summed E-state index contributed by atoms with van der Waals surface area (Å²) in [5.74, 6) is 0. The van der Waals surface area contributed by atoms with Gasteiger partial charge in [-0.25, -0.2) is 4.70 Å². The van der Waals surface area contributed by atoms with Crippen LogP contribution in [0.2, 0.25) is 0 Å². The Hall–Kier alpha value is -1.55. The van der Waals surface area contributed by atoms with E-state index in [1.165, 1.54) is 296 Å². The predicted octanol–water partition coefficient (Wildman–Crippen LogP) is 25.2. The van der Waals surface area contributed by atoms with Gasteiger partial charge in [0.25, 0.3) is 0 Å². The van der Waals surface area contributed by atoms with E-state index in [9.17, 15) is 5.53 Å². The molecule has 1 aliphatic heterocycles. The van der Waals surface area contributed by atoms with Gasteiger partial charge in [-0.3, -0.25) is 0 Å². The number of benzene rings is 2. The van der Waals surface area contributed by atoms with Gasteiger partial charge in [0.15, 0.2) is 0 Å². The SMILES string of the molecule is CCCCCCCCCCCCCCCCCCCCCCC=CCCc1ccccc1C1=CC=C(c2ccccc2CCC=CCCCCCCCCCCCCCCCCCCCCCC)[N+]1=[N-].[Br][Ni][Br]. The van der Waals surface area contributed by atoms with Gasteiger partial charge < -0.3 is 5.53 Å². The molecule has 1 aliphatic rings. The molecule has 0 fully saturated rings. The number of hydrogen-bond acceptors (Lipinski definition) is 0. The van der Waals surface area contributed by atoms with Gasteiger partial charge in [-0.2, -0.15) is 0 Å². The van der Waals surface area contributed by atoms with Gasteiger partial charge in [-0.1, -0.05) is 319 Å². The van der Waals surface area contributed by atoms with Crippen molar-refractivity contribution in [2.24, 2.45) is 0 Å². The summed E-state index contributed by atoms with van der Waals surface area (Å²) in [7, 11) is 1.25. The third-order valence-electron chi connectivity index (χ3n) is 15.4. The number of rotatable bonds is 50. The first-order valence-corrected chi connectivity index (χ1v) is 36.3. The Kier molecular flexibility index (Phi) is 48.6. The first-order chi connectivity index (χ1) is 36.2. The number of unbranched alkanes of at least 4 members (excludes halogenated alkanes) is 40. The fourth-order valence-corrected chi connectivity index (χ4v) is 10.8. The summed E-state index contributed by atoms with van der Waals surface area (Å²) in [6.07, 6.45) is 77.5. The van der Waals surface area contributed by atoms with Crippen molar-refractivity contribution >= 4 is 39.8 Å². The van der Waals surface area contributed by atoms with Crippen molar-refractivity contribution in [3.8, 4) is 0 Å². The van der Waals surface area contributed by atoms with E-state index in [1.807, 2.05) is 0 Å². The van der Waals surface area contributed by atoms with Gasteiger partial charge in [-0.15, -0.1) is 0 Å². The molecule has 0 radical (unpaired) electrons. The van der Waals surface area contributed by atoms with E-state index in [4.69, 9.17) is 0 Å². The molecular formula is C68H112Br2N2Ni. The van der Waals surface area contributed by atoms with Crippen LogP contribution in [0.1, 0.15) is 319 Å². The predicted molar refractivity (Wildman–Crippen MR) is 330 cm³/mol. The van der Waals surface area contributed by atoms with Crippen molar-refractivity contribution in [3.05, 3.63) is 113 Å². The van der Waals surface area contributed by atoms with Crippen molar-refractivity contribution in [1.82, 2.24) is 0 Å². The van der Waals surface area contributed by atoms with Gasteiger partial charge >= 0.3 is 39.3 Å². The second-order valence-electron chi connectivity index (χ2n) is 21.8. The topological polar surface area (TPSA) is 25.3 Å². The molecule has 0 saturated heterocycles. The summed E-state index contributed by atoms with van der Waals surface area (Å²) >= 11 is 6.00. The van der Waals surface area contributed by atoms with Gasteiger partial charge in [0, 0.05) is 23.3 Å². The number of allylic oxidation sites excluding steroid dienone is 6. The van der Waals surface area contributed by atoms with Crippen LogP contribution in [0.5, 0.6) is 0 Å². The second kappa shape index (κ2) is 52.5. The van der Waals surface area contributed by atoms with E-state index in [0.29, 0.717) is 0 Å². The van der Waals surface area contributed by atoms with E-state index < -0.39 is 0 Å². The quantitative estimate of drug-likeness (QED) is 0.0273. The molecule has 2 nitrogen and oxygen atoms in total. The molecule has 0 spiro atoms. The molecule has 0 aliphatic carbocycles. The standard InChI is InChI=1S/C68H112N2.2BrH.Ni/c1-3-5-7-9-11-13-15-17-19-21-23-25-27-29-31-33-35-37-39-41-43-45-47-49-55-63-57-51-53-59-65(63)67-61-62-68(70(67)69)66-60-54-52-58-64(66)56-50-48-46-44-42-40-38-36-34-32-30-28-26-24-22-20-18-16-14-12-10-8-6-4-2;;;/h45-48,51-54,57-62H,3-44,49-50,55-56H2,1-2H3;2*1H;/q;;;+2/p-2. The Morgan fingerprint density at radius 1 is 0.342 bits per heavy atom. The van der Waals surface area contributed by atoms with Crippen LogP contribution in [-0.4, -0.2) is 4.70 Å². The van der Waals surface area contributed by atoms with Gasteiger partial charge in [0.1, 0.15) is 0 Å². The van der Waals surface area contributed by atoms with Gasteiger partial charge in [0.05, 0.1) is 0 Å². The summed E-state index contributed by atoms with van der Waals surface area (Å²) in [4.78, 5) is 0. The maximum absolute atomic E-state index is 11.6. The zero-order valence-corrected chi connectivity index (χ0v) is 51.7. The normalized spacial score (nSPS) is 12.6. The number of nitrogens with zero attached hydrogens (tertiary/aromatic N) is 2. The Balaban J connectivity index is 0.00000593. The van der Waals surface area contributed by atoms with Crippen LogP contribution in [0.25, 0.3) is 16.9 Å². The van der Waals surface area contributed by atoms with Crippen LogP contribution < -0.4 is 0 Å². The maximum atomic E-state index is 11.6. The molecule has 0 bridgehead atoms. The summed E-state index contributed by atoms with van der Waals surface area (Å²) in [6.45, 7) is 4.61. The van der Waals surface area contributed by atoms with Crippen LogP contribution in [-0.2, 0) is 23.7 Å². The van der Waals surface area contributed by atoms with Gasteiger partial charge in [0.2, 0.25) is 11.4 Å². The molecule has 73 heavy (non-hydrogen) atoms. The zero-order chi connectivity index (χ0) is 52.2. The van der Waals surface area contributed by atoms with Crippen LogP contribution >= 0.6 is 28.5 Å². The van der Waals surface area contributed by atoms with E-state index in [0.717, 1.165) is 48.2 Å². The van der Waals surface area contributed by atoms with Crippen molar-refractivity contribution in [1.29, 1.82) is 0 Å². The average molecular weight is 1180 g/mol. The molecule has 1 heterocycles. The van der Waals surface area contributed by atoms with E-state index in [-0.39, 0.29) is 0 Å². The Morgan fingerprint density at radius 3 is 0.822 bits per heavy atom. The molecule has 2 aromatic carbocycles. The molecule has 0 N–H and O–H groups in total. The first kappa shape index (κ1) is 67.6. The number of aryl methyl sites for hydroxylation is 2. The van der Waals surface area contributed by atoms with Crippen LogP contribution in [0.4, 0.5) is 0 Å². The van der Waals surface area contributed by atoms with Crippen LogP contribution in [0.3, 0.4) is 0 Å². The van der Waals surface area contributed by atoms with Crippen LogP contribution in [0.15, 0.2) is 85.0 Å². The van der Waals surface area contributed by atoms with E-state index >= 15 is 0 Å². The molecule has 418 valence electrons. The van der Waals surface area contributed by atoms with Crippen molar-refractivity contribution < 1.29 is 15.6 Å². The Morgan fingerprint density at radius 2 is 0.562 bits per heavy atom. The van der Waals surface area contributed by atoms with Gasteiger partial charge in [-0.05, 0) is 74.6 Å². The second-order valence-corrected chi connectivity index (χ2v) is 26.8. The molecule has 5 heteroatoms. The third kappa shape index (κ3) is 37.8. The fourth-order valence-electron chi connectivity index (χ4n) is 10.8. The monoisotopic (exact) mass is 1170 g/mol. The molecule has 0 atom stereocenters. The molecule has 3 rings (SSSR count). The summed E-state index contributed by atoms with van der Waals surface area (Å²) in [5, 5.41) is 0. The molecule has 0 saturated carbocycles. The van der Waals surface area contributed by atoms with Crippen LogP contribution in [0, 0.1) is 0 Å². The summed E-state index contributed by atoms with van der Waals surface area (Å²) < 4.78 is 1.43. The summed E-state index contributed by atoms with van der Waals surface area (Å²) in [5.41, 5.74) is 18.2. The Bertz CT molecular complexity index is 1560. The van der Waals surface area contributed by atoms with E-state index in [1.54, 1.807) is 0 Å². The zero-order valence-electron chi connectivity index (χ0n) is 47.6. The average Bonchev–Trinajstić information content (AvgIpc) is 3.79. The first-order valence-electron chi connectivity index (χ1n) is 31.4. The minimum absolute atomic E-state index is 0.878. The molecule has 0 amide bonds. The summed E-state index contributed by atoms with van der Waals surface area (Å²) in [6, 6.07) is 17.3. The number of halogens is 2. The minimum atomic E-state index is 0.878. The Labute approximate surface area is 474 Å². The fraction of sp³-hybridized carbons (Fsp3) is 0.706. The number of hydrogen-bond donors (Lipinski definition) is 0. The molecule has 0 unspecified atom stereocenters. The van der Waals surface area contributed by atoms with Crippen molar-refractivity contribution in [2.75, 3.05) is 0 Å². The van der Waals surface area contributed by atoms with Crippen molar-refractivity contribution in [2.45, 2.75) is 309 Å².